The molecule has 2 aromatic rings. The quantitative estimate of drug-likeness (QED) is 0.755. The average Bonchev–Trinajstić information content (AvgIpc) is 2.64. The lowest BCUT2D eigenvalue weighted by Crippen LogP contribution is -2.47. The predicted molar refractivity (Wildman–Crippen MR) is 113 cm³/mol. The number of aryl methyl sites for hydroxylation is 2. The first-order valence-corrected chi connectivity index (χ1v) is 10.3. The lowest BCUT2D eigenvalue weighted by Gasteiger charge is -2.28. The van der Waals surface area contributed by atoms with E-state index in [0.717, 1.165) is 11.3 Å². The van der Waals surface area contributed by atoms with E-state index in [4.69, 9.17) is 0 Å². The minimum absolute atomic E-state index is 0.0238. The topological polar surface area (TPSA) is 49.4 Å². The van der Waals surface area contributed by atoms with Gasteiger partial charge in [-0.05, 0) is 31.9 Å². The maximum Gasteiger partial charge on any atom is 0.242 e. The Morgan fingerprint density at radius 2 is 1.67 bits per heavy atom. The highest BCUT2D eigenvalue weighted by atomic mass is 32.2. The summed E-state index contributed by atoms with van der Waals surface area (Å²) >= 11 is 1.58. The van der Waals surface area contributed by atoms with Crippen molar-refractivity contribution in [3.05, 3.63) is 70.8 Å². The largest absolute Gasteiger partial charge is 0.357 e. The molecule has 0 saturated carbocycles. The van der Waals surface area contributed by atoms with Gasteiger partial charge in [-0.25, -0.2) is 0 Å². The van der Waals surface area contributed by atoms with Crippen LogP contribution in [-0.4, -0.2) is 35.6 Å². The molecule has 144 valence electrons. The van der Waals surface area contributed by atoms with Crippen molar-refractivity contribution < 1.29 is 9.59 Å². The second-order valence-electron chi connectivity index (χ2n) is 6.79. The number of amides is 2. The zero-order chi connectivity index (χ0) is 19.8. The van der Waals surface area contributed by atoms with Gasteiger partial charge in [0.2, 0.25) is 11.8 Å². The van der Waals surface area contributed by atoms with E-state index in [1.807, 2.05) is 30.3 Å². The molecule has 0 aliphatic carbocycles. The van der Waals surface area contributed by atoms with Gasteiger partial charge in [0.1, 0.15) is 6.04 Å². The van der Waals surface area contributed by atoms with Crippen molar-refractivity contribution in [3.63, 3.8) is 0 Å². The number of carbonyl (C=O) groups excluding carboxylic acids is 2. The molecule has 0 aliphatic heterocycles. The Morgan fingerprint density at radius 1 is 1.04 bits per heavy atom. The Bertz CT molecular complexity index is 757. The van der Waals surface area contributed by atoms with Crippen LogP contribution in [0, 0.1) is 13.8 Å². The molecular formula is C22H28N2O2S. The van der Waals surface area contributed by atoms with E-state index in [2.05, 4.69) is 37.4 Å². The highest BCUT2D eigenvalue weighted by Crippen LogP contribution is 2.18. The summed E-state index contributed by atoms with van der Waals surface area (Å²) in [5.41, 5.74) is 4.70. The van der Waals surface area contributed by atoms with E-state index >= 15 is 0 Å². The van der Waals surface area contributed by atoms with Crippen LogP contribution < -0.4 is 5.32 Å². The highest BCUT2D eigenvalue weighted by molar-refractivity contribution is 7.99. The summed E-state index contributed by atoms with van der Waals surface area (Å²) in [7, 11) is 1.60. The molecule has 2 aromatic carbocycles. The number of benzene rings is 2. The molecule has 0 aromatic heterocycles. The number of thioether (sulfide) groups is 1. The van der Waals surface area contributed by atoms with E-state index in [9.17, 15) is 9.59 Å². The molecule has 0 radical (unpaired) electrons. The van der Waals surface area contributed by atoms with Crippen LogP contribution in [0.3, 0.4) is 0 Å². The first-order chi connectivity index (χ1) is 12.9. The molecule has 1 atom stereocenters. The summed E-state index contributed by atoms with van der Waals surface area (Å²) in [6, 6.07) is 15.7. The van der Waals surface area contributed by atoms with Crippen molar-refractivity contribution in [2.45, 2.75) is 39.1 Å². The second kappa shape index (κ2) is 10.2. The minimum atomic E-state index is -0.510. The smallest absolute Gasteiger partial charge is 0.242 e. The Balaban J connectivity index is 2.02. The molecule has 0 bridgehead atoms. The normalized spacial score (nSPS) is 11.7. The lowest BCUT2D eigenvalue weighted by atomic mass is 10.1. The minimum Gasteiger partial charge on any atom is -0.357 e. The SMILES string of the molecule is CNC(=O)C(C)N(Cc1ccccc1)C(=O)CSCc1cc(C)cc(C)c1. The van der Waals surface area contributed by atoms with Crippen molar-refractivity contribution in [2.75, 3.05) is 12.8 Å². The van der Waals surface area contributed by atoms with E-state index in [1.54, 1.807) is 30.6 Å². The number of likely N-dealkylation sites (N-methyl/N-ethyl adjacent to an activating group) is 1. The van der Waals surface area contributed by atoms with Crippen LogP contribution in [0.2, 0.25) is 0 Å². The number of nitrogens with one attached hydrogen (secondary N) is 1. The standard InChI is InChI=1S/C22H28N2O2S/c1-16-10-17(2)12-20(11-16)14-27-15-21(25)24(18(3)22(26)23-4)13-19-8-6-5-7-9-19/h5-12,18H,13-15H2,1-4H3,(H,23,26). The predicted octanol–water partition coefficient (Wildman–Crippen LogP) is 3.70. The van der Waals surface area contributed by atoms with Crippen molar-refractivity contribution in [2.24, 2.45) is 0 Å². The summed E-state index contributed by atoms with van der Waals surface area (Å²) in [6.45, 7) is 6.37. The number of hydrogen-bond donors (Lipinski definition) is 1. The van der Waals surface area contributed by atoms with E-state index in [0.29, 0.717) is 12.3 Å². The van der Waals surface area contributed by atoms with Crippen molar-refractivity contribution in [1.29, 1.82) is 0 Å². The maximum atomic E-state index is 12.9. The fourth-order valence-electron chi connectivity index (χ4n) is 3.06. The fourth-order valence-corrected chi connectivity index (χ4v) is 3.91. The van der Waals surface area contributed by atoms with Crippen LogP contribution >= 0.6 is 11.8 Å². The van der Waals surface area contributed by atoms with Gasteiger partial charge in [0.15, 0.2) is 0 Å². The van der Waals surface area contributed by atoms with E-state index < -0.39 is 6.04 Å². The van der Waals surface area contributed by atoms with Gasteiger partial charge >= 0.3 is 0 Å². The Kier molecular flexibility index (Phi) is 7.92. The third-order valence-electron chi connectivity index (χ3n) is 4.39. The molecule has 5 heteroatoms. The molecule has 2 amide bonds. The number of hydrogen-bond acceptors (Lipinski definition) is 3. The van der Waals surface area contributed by atoms with Gasteiger partial charge in [0, 0.05) is 19.3 Å². The highest BCUT2D eigenvalue weighted by Gasteiger charge is 2.25. The summed E-state index contributed by atoms with van der Waals surface area (Å²) in [4.78, 5) is 26.6. The molecule has 0 spiro atoms. The van der Waals surface area contributed by atoms with Gasteiger partial charge < -0.3 is 10.2 Å². The molecule has 1 unspecified atom stereocenters. The van der Waals surface area contributed by atoms with Gasteiger partial charge in [-0.2, -0.15) is 0 Å². The van der Waals surface area contributed by atoms with E-state index in [-0.39, 0.29) is 11.8 Å². The van der Waals surface area contributed by atoms with Crippen LogP contribution in [-0.2, 0) is 21.9 Å². The number of rotatable bonds is 8. The molecule has 2 rings (SSSR count). The van der Waals surface area contributed by atoms with Crippen LogP contribution in [0.1, 0.15) is 29.2 Å². The first-order valence-electron chi connectivity index (χ1n) is 9.10. The monoisotopic (exact) mass is 384 g/mol. The van der Waals surface area contributed by atoms with Gasteiger partial charge in [-0.1, -0.05) is 59.7 Å². The summed E-state index contributed by atoms with van der Waals surface area (Å²) in [5, 5.41) is 2.64. The second-order valence-corrected chi connectivity index (χ2v) is 7.77. The summed E-state index contributed by atoms with van der Waals surface area (Å²) < 4.78 is 0. The molecule has 0 fully saturated rings. The fraction of sp³-hybridized carbons (Fsp3) is 0.364. The van der Waals surface area contributed by atoms with Crippen LogP contribution in [0.4, 0.5) is 0 Å². The van der Waals surface area contributed by atoms with Crippen LogP contribution in [0.15, 0.2) is 48.5 Å². The van der Waals surface area contributed by atoms with Gasteiger partial charge in [-0.15, -0.1) is 11.8 Å². The molecule has 0 aliphatic rings. The first kappa shape index (κ1) is 21.0. The molecule has 1 N–H and O–H groups in total. The van der Waals surface area contributed by atoms with Crippen molar-refractivity contribution >= 4 is 23.6 Å². The zero-order valence-corrected chi connectivity index (χ0v) is 17.3. The van der Waals surface area contributed by atoms with Gasteiger partial charge in [0.05, 0.1) is 5.75 Å². The average molecular weight is 385 g/mol. The Morgan fingerprint density at radius 3 is 2.26 bits per heavy atom. The third kappa shape index (κ3) is 6.43. The van der Waals surface area contributed by atoms with E-state index in [1.165, 1.54) is 16.7 Å². The summed E-state index contributed by atoms with van der Waals surface area (Å²) in [6.07, 6.45) is 0. The Hall–Kier alpha value is -2.27. The van der Waals surface area contributed by atoms with Crippen LogP contribution in [0.5, 0.6) is 0 Å². The molecular weight excluding hydrogens is 356 g/mol. The van der Waals surface area contributed by atoms with Crippen molar-refractivity contribution in [3.8, 4) is 0 Å². The maximum absolute atomic E-state index is 12.9. The Labute approximate surface area is 166 Å². The third-order valence-corrected chi connectivity index (χ3v) is 5.37. The molecule has 0 heterocycles. The van der Waals surface area contributed by atoms with Crippen molar-refractivity contribution in [1.82, 2.24) is 10.2 Å². The molecule has 27 heavy (non-hydrogen) atoms. The number of nitrogens with zero attached hydrogens (tertiary/aromatic N) is 1. The zero-order valence-electron chi connectivity index (χ0n) is 16.5. The molecule has 4 nitrogen and oxygen atoms in total. The lowest BCUT2D eigenvalue weighted by molar-refractivity contribution is -0.138. The number of carbonyl (C=O) groups is 2. The summed E-state index contributed by atoms with van der Waals surface area (Å²) in [5.74, 6) is 0.950. The van der Waals surface area contributed by atoms with Gasteiger partial charge in [-0.3, -0.25) is 9.59 Å². The molecule has 0 saturated heterocycles. The van der Waals surface area contributed by atoms with Gasteiger partial charge in [0.25, 0.3) is 0 Å². The van der Waals surface area contributed by atoms with Crippen LogP contribution in [0.25, 0.3) is 0 Å².